The number of aromatic nitrogens is 4. The average Bonchev–Trinajstić information content (AvgIpc) is 3.58. The molecule has 4 rings (SSSR count). The molecule has 9 nitrogen and oxygen atoms in total. The number of aryl methyl sites for hydroxylation is 2. The summed E-state index contributed by atoms with van der Waals surface area (Å²) in [5, 5.41) is 24.9. The first-order chi connectivity index (χ1) is 19.4. The molecule has 0 aliphatic rings. The maximum atomic E-state index is 12.3. The predicted molar refractivity (Wildman–Crippen MR) is 166 cm³/mol. The van der Waals surface area contributed by atoms with Gasteiger partial charge in [0.2, 0.25) is 22.1 Å². The smallest absolute Gasteiger partial charge is 0.230 e. The summed E-state index contributed by atoms with van der Waals surface area (Å²) < 4.78 is 11.5. The summed E-state index contributed by atoms with van der Waals surface area (Å²) in [4.78, 5) is 26.6. The Bertz CT molecular complexity index is 1440. The maximum Gasteiger partial charge on any atom is 0.230 e. The molecule has 0 saturated carbocycles. The molecule has 1 atom stereocenters. The summed E-state index contributed by atoms with van der Waals surface area (Å²) in [6, 6.07) is 15.1. The molecule has 0 fully saturated rings. The zero-order chi connectivity index (χ0) is 28.3. The Labute approximate surface area is 251 Å². The lowest BCUT2D eigenvalue weighted by Crippen LogP contribution is -2.14. The lowest BCUT2D eigenvalue weighted by Gasteiger charge is -2.03. The van der Waals surface area contributed by atoms with Crippen LogP contribution in [0.4, 0.5) is 10.3 Å². The third-order valence-corrected chi connectivity index (χ3v) is 9.95. The second-order valence-corrected chi connectivity index (χ2v) is 14.1. The van der Waals surface area contributed by atoms with Crippen molar-refractivity contribution in [1.82, 2.24) is 20.4 Å². The number of nitrogens with one attached hydrogen (secondary N) is 2. The van der Waals surface area contributed by atoms with Gasteiger partial charge in [-0.3, -0.25) is 13.8 Å². The van der Waals surface area contributed by atoms with Crippen LogP contribution in [0.2, 0.25) is 0 Å². The van der Waals surface area contributed by atoms with Crippen LogP contribution in [0.3, 0.4) is 0 Å². The molecule has 2 aromatic heterocycles. The summed E-state index contributed by atoms with van der Waals surface area (Å²) in [5.74, 6) is 1.47. The molecule has 4 aromatic rings. The number of carbonyl (C=O) groups is 2. The van der Waals surface area contributed by atoms with Gasteiger partial charge in [0.1, 0.15) is 10.0 Å². The van der Waals surface area contributed by atoms with E-state index in [4.69, 9.17) is 0 Å². The van der Waals surface area contributed by atoms with E-state index in [2.05, 4.69) is 31.0 Å². The highest BCUT2D eigenvalue weighted by Crippen LogP contribution is 2.21. The summed E-state index contributed by atoms with van der Waals surface area (Å²) in [6.45, 7) is 0. The van der Waals surface area contributed by atoms with Crippen LogP contribution in [0.25, 0.3) is 0 Å². The highest BCUT2D eigenvalue weighted by molar-refractivity contribution is 7.99. The fraction of sp³-hybridized carbons (Fsp3) is 0.308. The Kier molecular flexibility index (Phi) is 11.7. The maximum absolute atomic E-state index is 12.3. The lowest BCUT2D eigenvalue weighted by atomic mass is 10.1. The summed E-state index contributed by atoms with van der Waals surface area (Å²) >= 11 is 6.22. The van der Waals surface area contributed by atoms with Gasteiger partial charge in [-0.25, -0.2) is 0 Å². The number of carbonyl (C=O) groups excluding carboxylic acids is 2. The van der Waals surface area contributed by atoms with Gasteiger partial charge < -0.3 is 10.6 Å². The molecule has 0 aliphatic heterocycles. The number of hydrogen-bond acceptors (Lipinski definition) is 11. The molecular formula is C26H28N6O3S5. The van der Waals surface area contributed by atoms with Crippen molar-refractivity contribution in [3.8, 4) is 0 Å². The minimum atomic E-state index is -1.04. The van der Waals surface area contributed by atoms with Crippen molar-refractivity contribution in [2.45, 2.75) is 35.5 Å². The Balaban J connectivity index is 1.11. The number of thioether (sulfide) groups is 2. The molecule has 0 radical (unpaired) electrons. The third-order valence-electron chi connectivity index (χ3n) is 5.49. The van der Waals surface area contributed by atoms with E-state index in [1.165, 1.54) is 27.6 Å². The van der Waals surface area contributed by atoms with Crippen LogP contribution in [0, 0.1) is 0 Å². The SMILES string of the molecule is CSc1ccc(CC(=O)Nc2nnc(CCSCCc3nnc(NC(=O)Cc4ccc(S(C)=O)cc4)s3)s2)cc1. The van der Waals surface area contributed by atoms with Gasteiger partial charge in [0.15, 0.2) is 0 Å². The van der Waals surface area contributed by atoms with Crippen LogP contribution in [-0.4, -0.2) is 60.4 Å². The Morgan fingerprint density at radius 3 is 1.70 bits per heavy atom. The number of anilines is 2. The van der Waals surface area contributed by atoms with Crippen molar-refractivity contribution < 1.29 is 13.8 Å². The van der Waals surface area contributed by atoms with E-state index in [9.17, 15) is 13.8 Å². The van der Waals surface area contributed by atoms with E-state index in [-0.39, 0.29) is 18.2 Å². The number of amides is 2. The van der Waals surface area contributed by atoms with Crippen molar-refractivity contribution in [1.29, 1.82) is 0 Å². The molecular weight excluding hydrogens is 605 g/mol. The van der Waals surface area contributed by atoms with E-state index in [0.717, 1.165) is 50.4 Å². The molecule has 2 aromatic carbocycles. The van der Waals surface area contributed by atoms with Gasteiger partial charge in [-0.1, -0.05) is 46.9 Å². The van der Waals surface area contributed by atoms with Gasteiger partial charge in [0, 0.05) is 39.7 Å². The topological polar surface area (TPSA) is 127 Å². The van der Waals surface area contributed by atoms with E-state index in [1.54, 1.807) is 41.9 Å². The fourth-order valence-electron chi connectivity index (χ4n) is 3.47. The van der Waals surface area contributed by atoms with Crippen LogP contribution in [0.15, 0.2) is 58.3 Å². The van der Waals surface area contributed by atoms with Crippen LogP contribution < -0.4 is 10.6 Å². The summed E-state index contributed by atoms with van der Waals surface area (Å²) in [7, 11) is -1.04. The number of benzene rings is 2. The van der Waals surface area contributed by atoms with E-state index in [0.29, 0.717) is 16.7 Å². The van der Waals surface area contributed by atoms with Crippen LogP contribution >= 0.6 is 46.2 Å². The van der Waals surface area contributed by atoms with Gasteiger partial charge in [-0.05, 0) is 53.2 Å². The average molecular weight is 633 g/mol. The highest BCUT2D eigenvalue weighted by Gasteiger charge is 2.11. The van der Waals surface area contributed by atoms with Crippen molar-refractivity contribution in [3.63, 3.8) is 0 Å². The molecule has 40 heavy (non-hydrogen) atoms. The van der Waals surface area contributed by atoms with E-state index in [1.807, 2.05) is 42.7 Å². The van der Waals surface area contributed by atoms with Gasteiger partial charge in [-0.2, -0.15) is 11.8 Å². The Morgan fingerprint density at radius 2 is 1.25 bits per heavy atom. The van der Waals surface area contributed by atoms with E-state index < -0.39 is 10.8 Å². The molecule has 2 N–H and O–H groups in total. The normalized spacial score (nSPS) is 11.8. The van der Waals surface area contributed by atoms with Gasteiger partial charge in [0.05, 0.1) is 12.8 Å². The molecule has 0 bridgehead atoms. The summed E-state index contributed by atoms with van der Waals surface area (Å²) in [5.41, 5.74) is 1.80. The fourth-order valence-corrected chi connectivity index (χ4v) is 7.05. The highest BCUT2D eigenvalue weighted by atomic mass is 32.2. The third kappa shape index (κ3) is 9.77. The first-order valence-corrected chi connectivity index (χ1v) is 17.8. The molecule has 0 saturated heterocycles. The van der Waals surface area contributed by atoms with Crippen molar-refractivity contribution >= 4 is 79.1 Å². The zero-order valence-corrected chi connectivity index (χ0v) is 26.0. The van der Waals surface area contributed by atoms with Crippen LogP contribution in [0.1, 0.15) is 21.1 Å². The molecule has 0 spiro atoms. The van der Waals surface area contributed by atoms with E-state index >= 15 is 0 Å². The number of nitrogens with zero attached hydrogens (tertiary/aromatic N) is 4. The lowest BCUT2D eigenvalue weighted by molar-refractivity contribution is -0.116. The quantitative estimate of drug-likeness (QED) is 0.150. The Morgan fingerprint density at radius 1 is 0.775 bits per heavy atom. The van der Waals surface area contributed by atoms with Crippen molar-refractivity contribution in [2.75, 3.05) is 34.7 Å². The standard InChI is InChI=1S/C26H28N6O3S5/c1-36-19-7-3-17(4-8-19)15-21(33)27-25-31-29-23(38-25)11-13-37-14-12-24-30-32-26(39-24)28-22(34)16-18-5-9-20(10-6-18)40(2)35/h3-10H,11-16H2,1-2H3,(H,27,31,33)(H,28,32,34). The number of hydrogen-bond donors (Lipinski definition) is 2. The van der Waals surface area contributed by atoms with Crippen LogP contribution in [0.5, 0.6) is 0 Å². The minimum Gasteiger partial charge on any atom is -0.300 e. The van der Waals surface area contributed by atoms with Crippen molar-refractivity contribution in [3.05, 3.63) is 69.7 Å². The van der Waals surface area contributed by atoms with Gasteiger partial charge in [-0.15, -0.1) is 32.2 Å². The van der Waals surface area contributed by atoms with Crippen molar-refractivity contribution in [2.24, 2.45) is 0 Å². The first-order valence-electron chi connectivity index (χ1n) is 12.3. The van der Waals surface area contributed by atoms with Crippen LogP contribution in [-0.2, 0) is 46.1 Å². The number of rotatable bonds is 14. The minimum absolute atomic E-state index is 0.106. The Hall–Kier alpha value is -2.65. The molecule has 2 heterocycles. The molecule has 14 heteroatoms. The zero-order valence-electron chi connectivity index (χ0n) is 21.9. The predicted octanol–water partition coefficient (Wildman–Crippen LogP) is 4.73. The molecule has 210 valence electrons. The molecule has 0 aliphatic carbocycles. The second kappa shape index (κ2) is 15.4. The largest absolute Gasteiger partial charge is 0.300 e. The molecule has 1 unspecified atom stereocenters. The summed E-state index contributed by atoms with van der Waals surface area (Å²) in [6.07, 6.45) is 5.67. The van der Waals surface area contributed by atoms with Gasteiger partial charge >= 0.3 is 0 Å². The van der Waals surface area contributed by atoms with Gasteiger partial charge in [0.25, 0.3) is 0 Å². The molecule has 2 amide bonds. The first kappa shape index (κ1) is 30.3. The second-order valence-electron chi connectivity index (χ2n) is 8.51. The monoisotopic (exact) mass is 632 g/mol.